The molecule has 4 rings (SSSR count). The minimum Gasteiger partial charge on any atom is -0.492 e. The summed E-state index contributed by atoms with van der Waals surface area (Å²) in [6, 6.07) is 12.5. The Labute approximate surface area is 243 Å². The standard InChI is InChI=1S/C30H32Cl2FN3O4/c1-36(2)16-7-17-40-25-18-19(10-12-21(25)31)27-20(26-22(32)8-6-9-23(26)33)11-13-24(34-27)28(37)35-30(29(38)39)14-4-3-5-15-30/h6,8-13,18H,3-5,7,14-17H2,1-2H3,(H,35,37)(H,38,39). The number of hydrogen-bond donors (Lipinski definition) is 2. The molecule has 1 aliphatic rings. The van der Waals surface area contributed by atoms with Crippen molar-refractivity contribution in [1.82, 2.24) is 15.2 Å². The quantitative estimate of drug-likeness (QED) is 0.256. The van der Waals surface area contributed by atoms with Gasteiger partial charge in [0.25, 0.3) is 5.91 Å². The average molecular weight is 589 g/mol. The van der Waals surface area contributed by atoms with Gasteiger partial charge in [0.15, 0.2) is 0 Å². The van der Waals surface area contributed by atoms with Crippen LogP contribution in [0.25, 0.3) is 22.4 Å². The van der Waals surface area contributed by atoms with E-state index < -0.39 is 23.2 Å². The first-order valence-corrected chi connectivity index (χ1v) is 14.0. The summed E-state index contributed by atoms with van der Waals surface area (Å²) < 4.78 is 21.0. The van der Waals surface area contributed by atoms with E-state index in [4.69, 9.17) is 27.9 Å². The summed E-state index contributed by atoms with van der Waals surface area (Å²) in [6.07, 6.45) is 3.80. The van der Waals surface area contributed by atoms with Crippen LogP contribution in [0.5, 0.6) is 5.75 Å². The molecule has 0 saturated heterocycles. The van der Waals surface area contributed by atoms with E-state index in [0.717, 1.165) is 19.4 Å². The summed E-state index contributed by atoms with van der Waals surface area (Å²) in [7, 11) is 3.95. The van der Waals surface area contributed by atoms with Crippen LogP contribution in [0.3, 0.4) is 0 Å². The molecule has 1 saturated carbocycles. The first-order chi connectivity index (χ1) is 19.1. The number of carboxylic acids is 1. The third-order valence-electron chi connectivity index (χ3n) is 7.04. The molecular weight excluding hydrogens is 556 g/mol. The number of pyridine rings is 1. The molecule has 1 aromatic heterocycles. The highest BCUT2D eigenvalue weighted by molar-refractivity contribution is 6.33. The lowest BCUT2D eigenvalue weighted by atomic mass is 9.81. The fraction of sp³-hybridized carbons (Fsp3) is 0.367. The Bertz CT molecular complexity index is 1370. The highest BCUT2D eigenvalue weighted by Gasteiger charge is 2.41. The summed E-state index contributed by atoms with van der Waals surface area (Å²) in [5.74, 6) is -1.81. The van der Waals surface area contributed by atoms with Gasteiger partial charge in [0, 0.05) is 23.2 Å². The van der Waals surface area contributed by atoms with Gasteiger partial charge in [-0.3, -0.25) is 4.79 Å². The molecule has 7 nitrogen and oxygen atoms in total. The number of benzene rings is 2. The lowest BCUT2D eigenvalue weighted by molar-refractivity contribution is -0.145. The van der Waals surface area contributed by atoms with E-state index in [1.807, 2.05) is 19.0 Å². The van der Waals surface area contributed by atoms with Crippen molar-refractivity contribution in [3.05, 3.63) is 70.1 Å². The Kier molecular flexibility index (Phi) is 9.66. The van der Waals surface area contributed by atoms with Gasteiger partial charge in [-0.25, -0.2) is 14.2 Å². The van der Waals surface area contributed by atoms with E-state index in [-0.39, 0.29) is 22.0 Å². The molecule has 3 aromatic rings. The van der Waals surface area contributed by atoms with Gasteiger partial charge in [0.05, 0.1) is 22.3 Å². The molecule has 2 N–H and O–H groups in total. The molecule has 0 spiro atoms. The number of hydrogen-bond acceptors (Lipinski definition) is 5. The highest BCUT2D eigenvalue weighted by Crippen LogP contribution is 2.39. The molecule has 0 atom stereocenters. The molecule has 0 radical (unpaired) electrons. The van der Waals surface area contributed by atoms with Crippen molar-refractivity contribution in [2.75, 3.05) is 27.2 Å². The van der Waals surface area contributed by atoms with Crippen molar-refractivity contribution in [2.24, 2.45) is 0 Å². The Morgan fingerprint density at radius 1 is 1.07 bits per heavy atom. The van der Waals surface area contributed by atoms with Crippen LogP contribution in [0.1, 0.15) is 49.0 Å². The van der Waals surface area contributed by atoms with Gasteiger partial charge in [-0.05, 0) is 69.8 Å². The Morgan fingerprint density at radius 3 is 2.50 bits per heavy atom. The number of carbonyl (C=O) groups excluding carboxylic acids is 1. The van der Waals surface area contributed by atoms with Crippen molar-refractivity contribution in [3.8, 4) is 28.1 Å². The van der Waals surface area contributed by atoms with Crippen molar-refractivity contribution >= 4 is 35.1 Å². The fourth-order valence-electron chi connectivity index (χ4n) is 4.92. The van der Waals surface area contributed by atoms with E-state index in [0.29, 0.717) is 54.2 Å². The SMILES string of the molecule is CN(C)CCCOc1cc(-c2nc(C(=O)NC3(C(=O)O)CCCCC3)ccc2-c2c(F)cccc2Cl)ccc1Cl. The first-order valence-electron chi connectivity index (χ1n) is 13.2. The number of nitrogens with one attached hydrogen (secondary N) is 1. The molecule has 10 heteroatoms. The molecule has 2 aromatic carbocycles. The largest absolute Gasteiger partial charge is 0.492 e. The number of carboxylic acid groups (broad SMARTS) is 1. The van der Waals surface area contributed by atoms with Crippen LogP contribution in [-0.2, 0) is 4.79 Å². The molecule has 1 heterocycles. The van der Waals surface area contributed by atoms with Crippen LogP contribution < -0.4 is 10.1 Å². The van der Waals surface area contributed by atoms with Crippen LogP contribution in [0.15, 0.2) is 48.5 Å². The zero-order valence-electron chi connectivity index (χ0n) is 22.5. The third-order valence-corrected chi connectivity index (χ3v) is 7.67. The topological polar surface area (TPSA) is 91.8 Å². The average Bonchev–Trinajstić information content (AvgIpc) is 2.92. The lowest BCUT2D eigenvalue weighted by Crippen LogP contribution is -2.55. The van der Waals surface area contributed by atoms with Crippen LogP contribution in [0.4, 0.5) is 4.39 Å². The normalized spacial score (nSPS) is 14.7. The number of nitrogens with zero attached hydrogens (tertiary/aromatic N) is 2. The van der Waals surface area contributed by atoms with Gasteiger partial charge in [-0.1, -0.05) is 54.6 Å². The van der Waals surface area contributed by atoms with Crippen molar-refractivity contribution in [2.45, 2.75) is 44.1 Å². The second kappa shape index (κ2) is 13.0. The predicted molar refractivity (Wildman–Crippen MR) is 155 cm³/mol. The van der Waals surface area contributed by atoms with Gasteiger partial charge in [-0.15, -0.1) is 0 Å². The van der Waals surface area contributed by atoms with Crippen LogP contribution in [0.2, 0.25) is 10.0 Å². The fourth-order valence-corrected chi connectivity index (χ4v) is 5.35. The maximum absolute atomic E-state index is 15.0. The Hall–Kier alpha value is -3.20. The number of carbonyl (C=O) groups is 2. The van der Waals surface area contributed by atoms with Crippen molar-refractivity contribution in [1.29, 1.82) is 0 Å². The summed E-state index contributed by atoms with van der Waals surface area (Å²) in [4.78, 5) is 32.2. The molecule has 1 amide bonds. The van der Waals surface area contributed by atoms with Gasteiger partial charge < -0.3 is 20.1 Å². The number of ether oxygens (including phenoxy) is 1. The Balaban J connectivity index is 1.76. The van der Waals surface area contributed by atoms with E-state index in [1.165, 1.54) is 18.2 Å². The number of aromatic nitrogens is 1. The molecule has 1 aliphatic carbocycles. The smallest absolute Gasteiger partial charge is 0.329 e. The zero-order chi connectivity index (χ0) is 28.9. The second-order valence-corrected chi connectivity index (χ2v) is 11.1. The zero-order valence-corrected chi connectivity index (χ0v) is 24.0. The van der Waals surface area contributed by atoms with Crippen molar-refractivity contribution < 1.29 is 23.8 Å². The monoisotopic (exact) mass is 587 g/mol. The number of halogens is 3. The van der Waals surface area contributed by atoms with Gasteiger partial charge in [-0.2, -0.15) is 0 Å². The number of aliphatic carboxylic acids is 1. The van der Waals surface area contributed by atoms with E-state index >= 15 is 4.39 Å². The molecule has 1 fully saturated rings. The van der Waals surface area contributed by atoms with Gasteiger partial charge in [0.1, 0.15) is 22.8 Å². The molecule has 40 heavy (non-hydrogen) atoms. The van der Waals surface area contributed by atoms with Crippen LogP contribution >= 0.6 is 23.2 Å². The molecule has 212 valence electrons. The van der Waals surface area contributed by atoms with E-state index in [2.05, 4.69) is 10.3 Å². The summed E-state index contributed by atoms with van der Waals surface area (Å²) in [6.45, 7) is 1.27. The van der Waals surface area contributed by atoms with Gasteiger partial charge >= 0.3 is 5.97 Å². The number of rotatable bonds is 10. The molecule has 0 aliphatic heterocycles. The predicted octanol–water partition coefficient (Wildman–Crippen LogP) is 6.71. The molecule has 0 bridgehead atoms. The Morgan fingerprint density at radius 2 is 1.82 bits per heavy atom. The second-order valence-electron chi connectivity index (χ2n) is 10.2. The van der Waals surface area contributed by atoms with Gasteiger partial charge in [0.2, 0.25) is 0 Å². The minimum atomic E-state index is -1.35. The molecular formula is C30H32Cl2FN3O4. The maximum atomic E-state index is 15.0. The van der Waals surface area contributed by atoms with Crippen molar-refractivity contribution in [3.63, 3.8) is 0 Å². The van der Waals surface area contributed by atoms with Crippen LogP contribution in [-0.4, -0.2) is 59.7 Å². The summed E-state index contributed by atoms with van der Waals surface area (Å²) in [5.41, 5.74) is -0.0363. The number of amides is 1. The van der Waals surface area contributed by atoms with E-state index in [1.54, 1.807) is 30.3 Å². The molecule has 0 unspecified atom stereocenters. The third kappa shape index (κ3) is 6.74. The summed E-state index contributed by atoms with van der Waals surface area (Å²) >= 11 is 12.8. The van der Waals surface area contributed by atoms with Crippen LogP contribution in [0, 0.1) is 5.82 Å². The highest BCUT2D eigenvalue weighted by atomic mass is 35.5. The lowest BCUT2D eigenvalue weighted by Gasteiger charge is -2.33. The summed E-state index contributed by atoms with van der Waals surface area (Å²) in [5, 5.41) is 13.2. The first kappa shape index (κ1) is 29.8. The minimum absolute atomic E-state index is 0.000751. The maximum Gasteiger partial charge on any atom is 0.329 e. The van der Waals surface area contributed by atoms with E-state index in [9.17, 15) is 14.7 Å².